The fraction of sp³-hybridized carbons (Fsp3) is 0.588. The van der Waals surface area contributed by atoms with Crippen molar-refractivity contribution < 1.29 is 9.53 Å². The summed E-state index contributed by atoms with van der Waals surface area (Å²) in [6.45, 7) is 6.35. The predicted octanol–water partition coefficient (Wildman–Crippen LogP) is 4.24. The van der Waals surface area contributed by atoms with E-state index in [4.69, 9.17) is 16.3 Å². The van der Waals surface area contributed by atoms with Gasteiger partial charge < -0.3 is 9.64 Å². The molecule has 1 aliphatic heterocycles. The molecule has 0 aromatic heterocycles. The molecule has 0 bridgehead atoms. The summed E-state index contributed by atoms with van der Waals surface area (Å²) in [5, 5.41) is 0.136. The Hall–Kier alpha value is -1.22. The molecule has 0 saturated carbocycles. The molecule has 1 aromatic carbocycles. The Balaban J connectivity index is 2.08. The van der Waals surface area contributed by atoms with Crippen LogP contribution in [0.15, 0.2) is 30.3 Å². The van der Waals surface area contributed by atoms with Crippen LogP contribution in [0.4, 0.5) is 4.79 Å². The van der Waals surface area contributed by atoms with Crippen LogP contribution >= 0.6 is 11.6 Å². The van der Waals surface area contributed by atoms with Gasteiger partial charge in [-0.15, -0.1) is 11.6 Å². The first-order valence-corrected chi connectivity index (χ1v) is 7.96. The highest BCUT2D eigenvalue weighted by Crippen LogP contribution is 2.26. The van der Waals surface area contributed by atoms with E-state index in [1.165, 1.54) is 5.56 Å². The third-order valence-electron chi connectivity index (χ3n) is 3.59. The van der Waals surface area contributed by atoms with Crippen molar-refractivity contribution >= 4 is 17.7 Å². The van der Waals surface area contributed by atoms with E-state index < -0.39 is 5.60 Å². The Labute approximate surface area is 132 Å². The molecule has 4 heteroatoms. The number of benzene rings is 1. The number of carbonyl (C=O) groups excluding carboxylic acids is 1. The number of ether oxygens (including phenoxy) is 1. The molecule has 116 valence electrons. The Morgan fingerprint density at radius 2 is 2.00 bits per heavy atom. The lowest BCUT2D eigenvalue weighted by Gasteiger charge is -2.38. The van der Waals surface area contributed by atoms with Gasteiger partial charge >= 0.3 is 6.09 Å². The quantitative estimate of drug-likeness (QED) is 0.765. The minimum Gasteiger partial charge on any atom is -0.444 e. The summed E-state index contributed by atoms with van der Waals surface area (Å²) in [6.07, 6.45) is 2.23. The fourth-order valence-electron chi connectivity index (χ4n) is 2.64. The van der Waals surface area contributed by atoms with Crippen molar-refractivity contribution in [2.45, 2.75) is 57.1 Å². The van der Waals surface area contributed by atoms with Crippen molar-refractivity contribution in [3.63, 3.8) is 0 Å². The van der Waals surface area contributed by atoms with Gasteiger partial charge in [0.05, 0.1) is 0 Å². The minimum atomic E-state index is -0.466. The summed E-state index contributed by atoms with van der Waals surface area (Å²) in [4.78, 5) is 14.2. The van der Waals surface area contributed by atoms with E-state index in [1.807, 2.05) is 43.9 Å². The summed E-state index contributed by atoms with van der Waals surface area (Å²) >= 11 is 6.30. The maximum atomic E-state index is 12.4. The first-order valence-electron chi connectivity index (χ1n) is 7.53. The maximum absolute atomic E-state index is 12.4. The molecule has 1 aromatic rings. The first kappa shape index (κ1) is 16.2. The van der Waals surface area contributed by atoms with Crippen LogP contribution < -0.4 is 0 Å². The number of hydrogen-bond donors (Lipinski definition) is 0. The van der Waals surface area contributed by atoms with Gasteiger partial charge in [-0.25, -0.2) is 4.79 Å². The molecule has 2 atom stereocenters. The summed E-state index contributed by atoms with van der Waals surface area (Å²) < 4.78 is 5.52. The number of piperidine rings is 1. The van der Waals surface area contributed by atoms with Gasteiger partial charge in [0.1, 0.15) is 5.60 Å². The lowest BCUT2D eigenvalue weighted by molar-refractivity contribution is 0.0103. The Morgan fingerprint density at radius 1 is 1.33 bits per heavy atom. The highest BCUT2D eigenvalue weighted by atomic mass is 35.5. The van der Waals surface area contributed by atoms with Crippen molar-refractivity contribution in [2.24, 2.45) is 0 Å². The number of alkyl halides is 1. The maximum Gasteiger partial charge on any atom is 0.410 e. The molecule has 1 fully saturated rings. The fourth-order valence-corrected chi connectivity index (χ4v) is 2.95. The zero-order valence-corrected chi connectivity index (χ0v) is 13.8. The van der Waals surface area contributed by atoms with Crippen LogP contribution in [0.3, 0.4) is 0 Å². The van der Waals surface area contributed by atoms with E-state index in [1.54, 1.807) is 0 Å². The smallest absolute Gasteiger partial charge is 0.410 e. The molecule has 21 heavy (non-hydrogen) atoms. The molecule has 3 nitrogen and oxygen atoms in total. The zero-order valence-electron chi connectivity index (χ0n) is 13.0. The van der Waals surface area contributed by atoms with Crippen LogP contribution in [0, 0.1) is 0 Å². The van der Waals surface area contributed by atoms with Crippen LogP contribution in [0.5, 0.6) is 0 Å². The van der Waals surface area contributed by atoms with Crippen molar-refractivity contribution in [2.75, 3.05) is 6.54 Å². The van der Waals surface area contributed by atoms with Gasteiger partial charge in [-0.2, -0.15) is 0 Å². The monoisotopic (exact) mass is 309 g/mol. The SMILES string of the molecule is CC(C)(C)OC(=O)N1CC[C@@H](Cl)C[C@@H]1Cc1ccccc1. The van der Waals surface area contributed by atoms with Gasteiger partial charge in [-0.1, -0.05) is 30.3 Å². The van der Waals surface area contributed by atoms with Crippen LogP contribution in [0.25, 0.3) is 0 Å². The van der Waals surface area contributed by atoms with Gasteiger partial charge in [0.25, 0.3) is 0 Å². The predicted molar refractivity (Wildman–Crippen MR) is 85.7 cm³/mol. The summed E-state index contributed by atoms with van der Waals surface area (Å²) in [7, 11) is 0. The topological polar surface area (TPSA) is 29.5 Å². The van der Waals surface area contributed by atoms with Gasteiger partial charge in [-0.3, -0.25) is 0 Å². The van der Waals surface area contributed by atoms with E-state index in [0.29, 0.717) is 6.54 Å². The largest absolute Gasteiger partial charge is 0.444 e. The second-order valence-corrected chi connectivity index (χ2v) is 7.26. The van der Waals surface area contributed by atoms with Crippen LogP contribution in [-0.2, 0) is 11.2 Å². The molecular formula is C17H24ClNO2. The number of halogens is 1. The van der Waals surface area contributed by atoms with Gasteiger partial charge in [0.15, 0.2) is 0 Å². The first-order chi connectivity index (χ1) is 9.85. The second-order valence-electron chi connectivity index (χ2n) is 6.64. The van der Waals surface area contributed by atoms with E-state index in [9.17, 15) is 4.79 Å². The number of hydrogen-bond acceptors (Lipinski definition) is 2. The summed E-state index contributed by atoms with van der Waals surface area (Å²) in [5.41, 5.74) is 0.758. The third kappa shape index (κ3) is 4.92. The molecule has 1 saturated heterocycles. The standard InChI is InChI=1S/C17H24ClNO2/c1-17(2,3)21-16(20)19-10-9-14(18)12-15(19)11-13-7-5-4-6-8-13/h4-8,14-15H,9-12H2,1-3H3/t14-,15+/m1/s1. The number of likely N-dealkylation sites (tertiary alicyclic amines) is 1. The molecule has 0 aliphatic carbocycles. The average molecular weight is 310 g/mol. The molecule has 1 heterocycles. The molecule has 0 radical (unpaired) electrons. The van der Waals surface area contributed by atoms with Crippen molar-refractivity contribution in [1.82, 2.24) is 4.90 Å². The second kappa shape index (κ2) is 6.69. The highest BCUT2D eigenvalue weighted by molar-refractivity contribution is 6.20. The number of rotatable bonds is 2. The number of carbonyl (C=O) groups is 1. The number of nitrogens with zero attached hydrogens (tertiary/aromatic N) is 1. The van der Waals surface area contributed by atoms with Crippen LogP contribution in [0.2, 0.25) is 0 Å². The highest BCUT2D eigenvalue weighted by Gasteiger charge is 2.33. The average Bonchev–Trinajstić information content (AvgIpc) is 2.37. The van der Waals surface area contributed by atoms with E-state index in [0.717, 1.165) is 19.3 Å². The Kier molecular flexibility index (Phi) is 5.15. The molecule has 0 N–H and O–H groups in total. The van der Waals surface area contributed by atoms with Crippen molar-refractivity contribution in [1.29, 1.82) is 0 Å². The van der Waals surface area contributed by atoms with Crippen LogP contribution in [-0.4, -0.2) is 34.6 Å². The van der Waals surface area contributed by atoms with E-state index in [-0.39, 0.29) is 17.5 Å². The molecule has 2 rings (SSSR count). The van der Waals surface area contributed by atoms with Gasteiger partial charge in [0.2, 0.25) is 0 Å². The van der Waals surface area contributed by atoms with E-state index in [2.05, 4.69) is 12.1 Å². The summed E-state index contributed by atoms with van der Waals surface area (Å²) in [5.74, 6) is 0. The Morgan fingerprint density at radius 3 is 2.62 bits per heavy atom. The van der Waals surface area contributed by atoms with Crippen molar-refractivity contribution in [3.8, 4) is 0 Å². The molecular weight excluding hydrogens is 286 g/mol. The molecule has 0 unspecified atom stereocenters. The normalized spacial score (nSPS) is 23.0. The van der Waals surface area contributed by atoms with Gasteiger partial charge in [0, 0.05) is 18.0 Å². The van der Waals surface area contributed by atoms with Gasteiger partial charge in [-0.05, 0) is 45.6 Å². The number of amides is 1. The molecule has 1 amide bonds. The van der Waals surface area contributed by atoms with E-state index >= 15 is 0 Å². The Bertz CT molecular complexity index is 469. The zero-order chi connectivity index (χ0) is 15.5. The third-order valence-corrected chi connectivity index (χ3v) is 3.99. The molecule has 0 spiro atoms. The molecule has 1 aliphatic rings. The van der Waals surface area contributed by atoms with Crippen molar-refractivity contribution in [3.05, 3.63) is 35.9 Å². The summed E-state index contributed by atoms with van der Waals surface area (Å²) in [6, 6.07) is 10.3. The van der Waals surface area contributed by atoms with Crippen LogP contribution in [0.1, 0.15) is 39.2 Å². The lowest BCUT2D eigenvalue weighted by Crippen LogP contribution is -2.49. The minimum absolute atomic E-state index is 0.110. The lowest BCUT2D eigenvalue weighted by atomic mass is 9.95.